The Bertz CT molecular complexity index is 263. The van der Waals surface area contributed by atoms with Gasteiger partial charge < -0.3 is 21.1 Å². The first-order valence-corrected chi connectivity index (χ1v) is 3.59. The number of hydrogen-bond donors (Lipinski definition) is 4. The van der Waals surface area contributed by atoms with Crippen LogP contribution in [-0.4, -0.2) is 21.9 Å². The maximum atomic E-state index is 9.06. The summed E-state index contributed by atoms with van der Waals surface area (Å²) in [5.41, 5.74) is 5.97. The molecule has 66 valence electrons. The SMILES string of the molecule is NCCc1cc(O)c(O)c(O)c1. The summed E-state index contributed by atoms with van der Waals surface area (Å²) in [4.78, 5) is 0. The Kier molecular flexibility index (Phi) is 2.40. The highest BCUT2D eigenvalue weighted by atomic mass is 16.3. The monoisotopic (exact) mass is 169 g/mol. The lowest BCUT2D eigenvalue weighted by molar-refractivity contribution is 0.367. The van der Waals surface area contributed by atoms with Crippen LogP contribution in [0.1, 0.15) is 5.56 Å². The largest absolute Gasteiger partial charge is 0.504 e. The fourth-order valence-electron chi connectivity index (χ4n) is 0.972. The van der Waals surface area contributed by atoms with Crippen molar-refractivity contribution in [3.63, 3.8) is 0 Å². The van der Waals surface area contributed by atoms with Gasteiger partial charge in [0, 0.05) is 0 Å². The molecule has 0 amide bonds. The molecule has 0 aromatic heterocycles. The molecule has 0 saturated carbocycles. The summed E-state index contributed by atoms with van der Waals surface area (Å²) in [7, 11) is 0. The number of hydrogen-bond acceptors (Lipinski definition) is 4. The Labute approximate surface area is 69.9 Å². The molecule has 1 aromatic rings. The molecule has 0 bridgehead atoms. The maximum Gasteiger partial charge on any atom is 0.200 e. The molecule has 0 heterocycles. The lowest BCUT2D eigenvalue weighted by Gasteiger charge is -2.03. The van der Waals surface area contributed by atoms with Gasteiger partial charge in [0.2, 0.25) is 0 Å². The van der Waals surface area contributed by atoms with Gasteiger partial charge in [0.25, 0.3) is 0 Å². The van der Waals surface area contributed by atoms with E-state index in [1.165, 1.54) is 12.1 Å². The topological polar surface area (TPSA) is 86.7 Å². The fraction of sp³-hybridized carbons (Fsp3) is 0.250. The standard InChI is InChI=1S/C8H11NO3/c9-2-1-5-3-6(10)8(12)7(11)4-5/h3-4,10-12H,1-2,9H2. The zero-order chi connectivity index (χ0) is 9.14. The number of benzene rings is 1. The predicted octanol–water partition coefficient (Wildman–Crippen LogP) is 0.305. The van der Waals surface area contributed by atoms with E-state index >= 15 is 0 Å². The van der Waals surface area contributed by atoms with Gasteiger partial charge in [-0.1, -0.05) is 0 Å². The quantitative estimate of drug-likeness (QED) is 0.480. The Hall–Kier alpha value is -1.42. The van der Waals surface area contributed by atoms with Crippen LogP contribution in [-0.2, 0) is 6.42 Å². The van der Waals surface area contributed by atoms with Gasteiger partial charge in [-0.3, -0.25) is 0 Å². The summed E-state index contributed by atoms with van der Waals surface area (Å²) >= 11 is 0. The van der Waals surface area contributed by atoms with Gasteiger partial charge in [0.15, 0.2) is 17.2 Å². The normalized spacial score (nSPS) is 10.1. The summed E-state index contributed by atoms with van der Waals surface area (Å²) in [6, 6.07) is 2.75. The molecule has 0 radical (unpaired) electrons. The molecule has 0 aliphatic heterocycles. The average Bonchev–Trinajstić information content (AvgIpc) is 2.01. The first-order chi connectivity index (χ1) is 5.65. The van der Waals surface area contributed by atoms with Crippen LogP contribution >= 0.6 is 0 Å². The van der Waals surface area contributed by atoms with E-state index in [-0.39, 0.29) is 11.5 Å². The number of phenols is 3. The van der Waals surface area contributed by atoms with Gasteiger partial charge >= 0.3 is 0 Å². The molecule has 0 saturated heterocycles. The van der Waals surface area contributed by atoms with E-state index in [1.54, 1.807) is 0 Å². The molecule has 4 heteroatoms. The van der Waals surface area contributed by atoms with Crippen LogP contribution in [0.3, 0.4) is 0 Å². The lowest BCUT2D eigenvalue weighted by atomic mass is 10.1. The van der Waals surface area contributed by atoms with Gasteiger partial charge in [-0.2, -0.15) is 0 Å². The minimum Gasteiger partial charge on any atom is -0.504 e. The van der Waals surface area contributed by atoms with Crippen LogP contribution in [0.2, 0.25) is 0 Å². The van der Waals surface area contributed by atoms with E-state index in [9.17, 15) is 0 Å². The van der Waals surface area contributed by atoms with Crippen molar-refractivity contribution in [1.82, 2.24) is 0 Å². The molecule has 0 spiro atoms. The second kappa shape index (κ2) is 3.32. The van der Waals surface area contributed by atoms with Crippen LogP contribution < -0.4 is 5.73 Å². The van der Waals surface area contributed by atoms with Crippen LogP contribution in [0.15, 0.2) is 12.1 Å². The van der Waals surface area contributed by atoms with Crippen molar-refractivity contribution in [2.24, 2.45) is 5.73 Å². The highest BCUT2D eigenvalue weighted by molar-refractivity contribution is 5.51. The first-order valence-electron chi connectivity index (χ1n) is 3.59. The van der Waals surface area contributed by atoms with Crippen LogP contribution in [0.5, 0.6) is 17.2 Å². The zero-order valence-electron chi connectivity index (χ0n) is 6.49. The van der Waals surface area contributed by atoms with Crippen LogP contribution in [0.25, 0.3) is 0 Å². The van der Waals surface area contributed by atoms with Crippen molar-refractivity contribution >= 4 is 0 Å². The van der Waals surface area contributed by atoms with E-state index in [2.05, 4.69) is 0 Å². The number of phenolic OH excluding ortho intramolecular Hbond substituents is 3. The van der Waals surface area contributed by atoms with Gasteiger partial charge in [0.1, 0.15) is 0 Å². The van der Waals surface area contributed by atoms with Crippen molar-refractivity contribution < 1.29 is 15.3 Å². The van der Waals surface area contributed by atoms with Gasteiger partial charge in [0.05, 0.1) is 0 Å². The van der Waals surface area contributed by atoms with Crippen molar-refractivity contribution in [3.05, 3.63) is 17.7 Å². The third-order valence-electron chi connectivity index (χ3n) is 1.56. The molecule has 0 fully saturated rings. The Morgan fingerprint density at radius 1 is 1.08 bits per heavy atom. The van der Waals surface area contributed by atoms with Gasteiger partial charge in [-0.15, -0.1) is 0 Å². The Morgan fingerprint density at radius 3 is 2.00 bits per heavy atom. The second-order valence-electron chi connectivity index (χ2n) is 2.52. The summed E-state index contributed by atoms with van der Waals surface area (Å²) in [6.07, 6.45) is 0.557. The van der Waals surface area contributed by atoms with Gasteiger partial charge in [-0.25, -0.2) is 0 Å². The molecule has 12 heavy (non-hydrogen) atoms. The van der Waals surface area contributed by atoms with Crippen molar-refractivity contribution in [2.75, 3.05) is 6.54 Å². The van der Waals surface area contributed by atoms with Crippen molar-refractivity contribution in [3.8, 4) is 17.2 Å². The van der Waals surface area contributed by atoms with E-state index in [0.29, 0.717) is 18.5 Å². The van der Waals surface area contributed by atoms with E-state index in [1.807, 2.05) is 0 Å². The Morgan fingerprint density at radius 2 is 1.58 bits per heavy atom. The van der Waals surface area contributed by atoms with E-state index in [4.69, 9.17) is 21.1 Å². The molecule has 0 unspecified atom stereocenters. The third kappa shape index (κ3) is 1.60. The Balaban J connectivity index is 3.04. The van der Waals surface area contributed by atoms with Crippen molar-refractivity contribution in [2.45, 2.75) is 6.42 Å². The molecule has 0 aliphatic carbocycles. The zero-order valence-corrected chi connectivity index (χ0v) is 6.49. The maximum absolute atomic E-state index is 9.06. The van der Waals surface area contributed by atoms with Crippen LogP contribution in [0.4, 0.5) is 0 Å². The smallest absolute Gasteiger partial charge is 0.200 e. The van der Waals surface area contributed by atoms with Crippen molar-refractivity contribution in [1.29, 1.82) is 0 Å². The van der Waals surface area contributed by atoms with Gasteiger partial charge in [-0.05, 0) is 30.7 Å². The first kappa shape index (κ1) is 8.67. The molecule has 0 aliphatic rings. The summed E-state index contributed by atoms with van der Waals surface area (Å²) in [6.45, 7) is 0.434. The second-order valence-corrected chi connectivity index (χ2v) is 2.52. The molecule has 5 N–H and O–H groups in total. The molecular weight excluding hydrogens is 158 g/mol. The molecule has 1 rings (SSSR count). The van der Waals surface area contributed by atoms with Crippen LogP contribution in [0, 0.1) is 0 Å². The predicted molar refractivity (Wildman–Crippen MR) is 44.2 cm³/mol. The number of nitrogens with two attached hydrogens (primary N) is 1. The third-order valence-corrected chi connectivity index (χ3v) is 1.56. The minimum atomic E-state index is -0.490. The lowest BCUT2D eigenvalue weighted by Crippen LogP contribution is -2.02. The summed E-state index contributed by atoms with van der Waals surface area (Å²) < 4.78 is 0. The minimum absolute atomic E-state index is 0.321. The number of aromatic hydroxyl groups is 3. The number of rotatable bonds is 2. The molecule has 4 nitrogen and oxygen atoms in total. The summed E-state index contributed by atoms with van der Waals surface area (Å²) in [5.74, 6) is -1.13. The van der Waals surface area contributed by atoms with E-state index in [0.717, 1.165) is 0 Å². The highest BCUT2D eigenvalue weighted by Gasteiger charge is 2.06. The highest BCUT2D eigenvalue weighted by Crippen LogP contribution is 2.35. The average molecular weight is 169 g/mol. The van der Waals surface area contributed by atoms with E-state index < -0.39 is 5.75 Å². The summed E-state index contributed by atoms with van der Waals surface area (Å²) in [5, 5.41) is 27.1. The fourth-order valence-corrected chi connectivity index (χ4v) is 0.972. The molecular formula is C8H11NO3. The molecule has 0 atom stereocenters. The molecule has 1 aromatic carbocycles.